The highest BCUT2D eigenvalue weighted by molar-refractivity contribution is 5.72. The summed E-state index contributed by atoms with van der Waals surface area (Å²) in [6.45, 7) is 0. The van der Waals surface area contributed by atoms with Gasteiger partial charge in [0, 0.05) is 6.42 Å². The van der Waals surface area contributed by atoms with Gasteiger partial charge in [0.15, 0.2) is 6.29 Å². The van der Waals surface area contributed by atoms with E-state index in [2.05, 4.69) is 9.72 Å². The van der Waals surface area contributed by atoms with Gasteiger partial charge in [-0.25, -0.2) is 4.98 Å². The SMILES string of the molecule is COC(=O)CCC/C=C\c1cccc(C=O)n1. The fraction of sp³-hybridized carbons (Fsp3) is 0.308. The summed E-state index contributed by atoms with van der Waals surface area (Å²) < 4.78 is 4.53. The number of aldehydes is 1. The number of ether oxygens (including phenoxy) is 1. The lowest BCUT2D eigenvalue weighted by Crippen LogP contribution is -1.98. The summed E-state index contributed by atoms with van der Waals surface area (Å²) in [5.74, 6) is -0.195. The zero-order chi connectivity index (χ0) is 12.5. The van der Waals surface area contributed by atoms with E-state index in [1.807, 2.05) is 18.2 Å². The van der Waals surface area contributed by atoms with Crippen molar-refractivity contribution in [1.29, 1.82) is 0 Å². The second-order valence-electron chi connectivity index (χ2n) is 3.48. The number of hydrogen-bond donors (Lipinski definition) is 0. The molecule has 0 aromatic carbocycles. The predicted octanol–water partition coefficient (Wildman–Crippen LogP) is 2.25. The van der Waals surface area contributed by atoms with Gasteiger partial charge >= 0.3 is 5.97 Å². The van der Waals surface area contributed by atoms with Crippen LogP contribution in [0, 0.1) is 0 Å². The molecule has 1 rings (SSSR count). The van der Waals surface area contributed by atoms with E-state index in [1.165, 1.54) is 7.11 Å². The normalized spacial score (nSPS) is 10.4. The van der Waals surface area contributed by atoms with E-state index >= 15 is 0 Å². The first-order valence-corrected chi connectivity index (χ1v) is 5.42. The molecule has 0 amide bonds. The highest BCUT2D eigenvalue weighted by atomic mass is 16.5. The van der Waals surface area contributed by atoms with Crippen LogP contribution in [0.15, 0.2) is 24.3 Å². The number of nitrogens with zero attached hydrogens (tertiary/aromatic N) is 1. The first-order chi connectivity index (χ1) is 8.26. The lowest BCUT2D eigenvalue weighted by Gasteiger charge is -1.96. The Bertz CT molecular complexity index is 413. The van der Waals surface area contributed by atoms with E-state index in [0.717, 1.165) is 18.5 Å². The number of aromatic nitrogens is 1. The van der Waals surface area contributed by atoms with Gasteiger partial charge in [-0.2, -0.15) is 0 Å². The minimum Gasteiger partial charge on any atom is -0.469 e. The van der Waals surface area contributed by atoms with Crippen molar-refractivity contribution in [3.63, 3.8) is 0 Å². The maximum absolute atomic E-state index is 10.8. The van der Waals surface area contributed by atoms with E-state index in [1.54, 1.807) is 12.1 Å². The maximum Gasteiger partial charge on any atom is 0.305 e. The number of carbonyl (C=O) groups is 2. The van der Waals surface area contributed by atoms with Crippen molar-refractivity contribution in [2.24, 2.45) is 0 Å². The lowest BCUT2D eigenvalue weighted by molar-refractivity contribution is -0.140. The molecule has 0 atom stereocenters. The van der Waals surface area contributed by atoms with Gasteiger partial charge in [0.1, 0.15) is 5.69 Å². The first kappa shape index (κ1) is 13.1. The summed E-state index contributed by atoms with van der Waals surface area (Å²) >= 11 is 0. The van der Waals surface area contributed by atoms with Crippen LogP contribution in [-0.2, 0) is 9.53 Å². The van der Waals surface area contributed by atoms with Crippen LogP contribution in [0.25, 0.3) is 6.08 Å². The van der Waals surface area contributed by atoms with Crippen LogP contribution >= 0.6 is 0 Å². The number of esters is 1. The zero-order valence-electron chi connectivity index (χ0n) is 9.76. The molecule has 0 saturated heterocycles. The topological polar surface area (TPSA) is 56.3 Å². The molecular weight excluding hydrogens is 218 g/mol. The van der Waals surface area contributed by atoms with E-state index in [-0.39, 0.29) is 5.97 Å². The van der Waals surface area contributed by atoms with Crippen LogP contribution in [-0.4, -0.2) is 24.3 Å². The fourth-order valence-electron chi connectivity index (χ4n) is 1.30. The van der Waals surface area contributed by atoms with E-state index in [4.69, 9.17) is 0 Å². The minimum absolute atomic E-state index is 0.195. The summed E-state index contributed by atoms with van der Waals surface area (Å²) in [5.41, 5.74) is 1.16. The summed E-state index contributed by atoms with van der Waals surface area (Å²) in [4.78, 5) is 25.4. The van der Waals surface area contributed by atoms with Crippen molar-refractivity contribution in [1.82, 2.24) is 4.98 Å². The van der Waals surface area contributed by atoms with Gasteiger partial charge in [-0.3, -0.25) is 9.59 Å². The molecule has 0 saturated carbocycles. The van der Waals surface area contributed by atoms with Crippen molar-refractivity contribution in [2.45, 2.75) is 19.3 Å². The minimum atomic E-state index is -0.195. The van der Waals surface area contributed by atoms with Gasteiger partial charge in [0.05, 0.1) is 12.8 Å². The molecule has 0 fully saturated rings. The molecule has 17 heavy (non-hydrogen) atoms. The van der Waals surface area contributed by atoms with Crippen molar-refractivity contribution >= 4 is 18.3 Å². The highest BCUT2D eigenvalue weighted by Gasteiger charge is 1.97. The van der Waals surface area contributed by atoms with E-state index in [9.17, 15) is 9.59 Å². The molecule has 0 aliphatic carbocycles. The molecule has 0 radical (unpaired) electrons. The molecule has 0 spiro atoms. The molecule has 0 bridgehead atoms. The van der Waals surface area contributed by atoms with Gasteiger partial charge in [-0.05, 0) is 31.1 Å². The number of carbonyl (C=O) groups excluding carboxylic acids is 2. The van der Waals surface area contributed by atoms with Crippen LogP contribution in [0.5, 0.6) is 0 Å². The predicted molar refractivity (Wildman–Crippen MR) is 64.5 cm³/mol. The van der Waals surface area contributed by atoms with Gasteiger partial charge < -0.3 is 4.74 Å². The van der Waals surface area contributed by atoms with E-state index in [0.29, 0.717) is 18.4 Å². The first-order valence-electron chi connectivity index (χ1n) is 5.42. The monoisotopic (exact) mass is 233 g/mol. The Balaban J connectivity index is 2.37. The summed E-state index contributed by atoms with van der Waals surface area (Å²) in [6, 6.07) is 5.26. The molecule has 0 aliphatic rings. The molecule has 0 unspecified atom stereocenters. The third-order valence-electron chi connectivity index (χ3n) is 2.18. The smallest absolute Gasteiger partial charge is 0.305 e. The zero-order valence-corrected chi connectivity index (χ0v) is 9.76. The van der Waals surface area contributed by atoms with Gasteiger partial charge in [-0.15, -0.1) is 0 Å². The molecule has 90 valence electrons. The van der Waals surface area contributed by atoms with Crippen LogP contribution in [0.4, 0.5) is 0 Å². The largest absolute Gasteiger partial charge is 0.469 e. The number of unbranched alkanes of at least 4 members (excludes halogenated alkanes) is 1. The van der Waals surface area contributed by atoms with E-state index < -0.39 is 0 Å². The Morgan fingerprint density at radius 3 is 2.88 bits per heavy atom. The second kappa shape index (κ2) is 7.33. The van der Waals surface area contributed by atoms with Crippen LogP contribution in [0.2, 0.25) is 0 Å². The van der Waals surface area contributed by atoms with Crippen molar-refractivity contribution < 1.29 is 14.3 Å². The number of hydrogen-bond acceptors (Lipinski definition) is 4. The molecule has 0 N–H and O–H groups in total. The van der Waals surface area contributed by atoms with Gasteiger partial charge in [0.25, 0.3) is 0 Å². The standard InChI is InChI=1S/C13H15NO3/c1-17-13(16)9-4-2-3-6-11-7-5-8-12(10-15)14-11/h3,5-8,10H,2,4,9H2,1H3/b6-3-. The quantitative estimate of drug-likeness (QED) is 0.429. The third kappa shape index (κ3) is 5.06. The lowest BCUT2D eigenvalue weighted by atomic mass is 10.2. The molecule has 1 heterocycles. The number of pyridine rings is 1. The van der Waals surface area contributed by atoms with Crippen molar-refractivity contribution in [2.75, 3.05) is 7.11 Å². The number of methoxy groups -OCH3 is 1. The second-order valence-corrected chi connectivity index (χ2v) is 3.48. The van der Waals surface area contributed by atoms with Crippen molar-refractivity contribution in [3.05, 3.63) is 35.7 Å². The van der Waals surface area contributed by atoms with Gasteiger partial charge in [0.2, 0.25) is 0 Å². The van der Waals surface area contributed by atoms with Crippen molar-refractivity contribution in [3.8, 4) is 0 Å². The van der Waals surface area contributed by atoms with Crippen LogP contribution in [0.3, 0.4) is 0 Å². The van der Waals surface area contributed by atoms with Crippen LogP contribution in [0.1, 0.15) is 35.4 Å². The van der Waals surface area contributed by atoms with Crippen LogP contribution < -0.4 is 0 Å². The molecular formula is C13H15NO3. The maximum atomic E-state index is 10.8. The molecule has 4 nitrogen and oxygen atoms in total. The highest BCUT2D eigenvalue weighted by Crippen LogP contribution is 2.03. The Labute approximate surface area is 100 Å². The molecule has 1 aromatic rings. The average Bonchev–Trinajstić information content (AvgIpc) is 2.38. The molecule has 0 aliphatic heterocycles. The summed E-state index contributed by atoms with van der Waals surface area (Å²) in [5, 5.41) is 0. The Morgan fingerprint density at radius 1 is 1.41 bits per heavy atom. The third-order valence-corrected chi connectivity index (χ3v) is 2.18. The summed E-state index contributed by atoms with van der Waals surface area (Å²) in [6.07, 6.45) is 6.43. The Kier molecular flexibility index (Phi) is 5.64. The fourth-order valence-corrected chi connectivity index (χ4v) is 1.30. The molecule has 1 aromatic heterocycles. The summed E-state index contributed by atoms with van der Waals surface area (Å²) in [7, 11) is 1.38. The Morgan fingerprint density at radius 2 is 2.18 bits per heavy atom. The van der Waals surface area contributed by atoms with Gasteiger partial charge in [-0.1, -0.05) is 12.1 Å². The number of rotatable bonds is 6. The molecule has 4 heteroatoms. The number of allylic oxidation sites excluding steroid dienone is 1. The average molecular weight is 233 g/mol. The Hall–Kier alpha value is -1.97.